The van der Waals surface area contributed by atoms with Gasteiger partial charge in [-0.15, -0.1) is 0 Å². The van der Waals surface area contributed by atoms with Crippen LogP contribution in [0.1, 0.15) is 20.7 Å². The first-order valence-electron chi connectivity index (χ1n) is 5.13. The van der Waals surface area contributed by atoms with Crippen LogP contribution in [0.5, 0.6) is 0 Å². The van der Waals surface area contributed by atoms with Crippen LogP contribution in [0.15, 0.2) is 24.3 Å². The van der Waals surface area contributed by atoms with Crippen molar-refractivity contribution in [2.24, 2.45) is 11.5 Å². The fourth-order valence-corrected chi connectivity index (χ4v) is 1.83. The van der Waals surface area contributed by atoms with Gasteiger partial charge in [0.25, 0.3) is 11.8 Å². The number of benzene rings is 1. The summed E-state index contributed by atoms with van der Waals surface area (Å²) in [5.41, 5.74) is 8.89. The Bertz CT molecular complexity index is 522. The number of nitrogens with two attached hydrogens (primary N) is 2. The number of hydrogen-bond donors (Lipinski definition) is 3. The number of imide groups is 1. The summed E-state index contributed by atoms with van der Waals surface area (Å²) in [7, 11) is 0. The fourth-order valence-electron chi connectivity index (χ4n) is 1.83. The lowest BCUT2D eigenvalue weighted by Gasteiger charge is -2.31. The van der Waals surface area contributed by atoms with Crippen molar-refractivity contribution >= 4 is 17.8 Å². The molecule has 94 valence electrons. The molecule has 0 bridgehead atoms. The first-order chi connectivity index (χ1) is 8.43. The van der Waals surface area contributed by atoms with E-state index in [9.17, 15) is 14.4 Å². The van der Waals surface area contributed by atoms with Crippen LogP contribution < -0.4 is 11.5 Å². The number of nitrogens with zero attached hydrogens (tertiary/aromatic N) is 1. The van der Waals surface area contributed by atoms with E-state index in [1.807, 2.05) is 0 Å². The zero-order chi connectivity index (χ0) is 13.5. The summed E-state index contributed by atoms with van der Waals surface area (Å²) in [4.78, 5) is 35.7. The molecule has 5 N–H and O–H groups in total. The van der Waals surface area contributed by atoms with Crippen molar-refractivity contribution in [3.63, 3.8) is 0 Å². The van der Waals surface area contributed by atoms with Crippen LogP contribution in [0.3, 0.4) is 0 Å². The van der Waals surface area contributed by atoms with Crippen molar-refractivity contribution in [1.29, 1.82) is 0 Å². The predicted octanol–water partition coefficient (Wildman–Crippen LogP) is -1.02. The third-order valence-electron chi connectivity index (χ3n) is 2.87. The first-order valence-corrected chi connectivity index (χ1v) is 5.13. The normalized spacial score (nSPS) is 17.6. The van der Waals surface area contributed by atoms with Crippen LogP contribution in [0, 0.1) is 0 Å². The van der Waals surface area contributed by atoms with Crippen LogP contribution in [-0.2, 0) is 4.79 Å². The van der Waals surface area contributed by atoms with E-state index in [1.165, 1.54) is 12.1 Å². The summed E-state index contributed by atoms with van der Waals surface area (Å²) in [6.45, 7) is -0.562. The van der Waals surface area contributed by atoms with Crippen molar-refractivity contribution in [1.82, 2.24) is 4.90 Å². The van der Waals surface area contributed by atoms with Gasteiger partial charge in [0.05, 0.1) is 11.1 Å². The van der Waals surface area contributed by atoms with Gasteiger partial charge < -0.3 is 10.8 Å². The monoisotopic (exact) mass is 249 g/mol. The second-order valence-corrected chi connectivity index (χ2v) is 3.92. The van der Waals surface area contributed by atoms with Gasteiger partial charge in [-0.25, -0.2) is 9.69 Å². The second kappa shape index (κ2) is 3.90. The van der Waals surface area contributed by atoms with Crippen molar-refractivity contribution in [3.05, 3.63) is 35.4 Å². The molecule has 0 aromatic heterocycles. The Morgan fingerprint density at radius 1 is 1.22 bits per heavy atom. The molecule has 2 rings (SSSR count). The minimum atomic E-state index is -2.23. The summed E-state index contributed by atoms with van der Waals surface area (Å²) >= 11 is 0. The van der Waals surface area contributed by atoms with Crippen molar-refractivity contribution < 1.29 is 19.5 Å². The van der Waals surface area contributed by atoms with Crippen molar-refractivity contribution in [2.45, 2.75) is 5.66 Å². The van der Waals surface area contributed by atoms with Gasteiger partial charge in [0.15, 0.2) is 0 Å². The van der Waals surface area contributed by atoms with E-state index >= 15 is 0 Å². The molecule has 0 fully saturated rings. The minimum absolute atomic E-state index is 0.132. The maximum Gasteiger partial charge on any atom is 0.346 e. The Kier molecular flexibility index (Phi) is 2.64. The molecule has 18 heavy (non-hydrogen) atoms. The molecular formula is C11H11N3O4. The molecule has 0 saturated heterocycles. The number of carbonyl (C=O) groups is 3. The molecule has 0 saturated carbocycles. The number of carboxylic acids is 1. The maximum atomic E-state index is 12.0. The van der Waals surface area contributed by atoms with E-state index in [4.69, 9.17) is 16.6 Å². The number of fused-ring (bicyclic) bond motifs is 1. The molecule has 1 atom stereocenters. The molecule has 2 amide bonds. The van der Waals surface area contributed by atoms with E-state index in [0.29, 0.717) is 4.90 Å². The highest BCUT2D eigenvalue weighted by atomic mass is 16.4. The first kappa shape index (κ1) is 12.2. The lowest BCUT2D eigenvalue weighted by atomic mass is 10.1. The molecule has 1 unspecified atom stereocenters. The van der Waals surface area contributed by atoms with E-state index in [-0.39, 0.29) is 11.1 Å². The predicted molar refractivity (Wildman–Crippen MR) is 60.6 cm³/mol. The SMILES string of the molecule is NCC(N)(C(=O)O)N1C(=O)c2ccccc2C1=O. The van der Waals surface area contributed by atoms with Gasteiger partial charge >= 0.3 is 5.97 Å². The molecule has 1 aliphatic heterocycles. The van der Waals surface area contributed by atoms with Crippen LogP contribution >= 0.6 is 0 Å². The Hall–Kier alpha value is -2.25. The number of carbonyl (C=O) groups excluding carboxylic acids is 2. The van der Waals surface area contributed by atoms with Gasteiger partial charge in [-0.1, -0.05) is 12.1 Å². The Morgan fingerprint density at radius 3 is 2.00 bits per heavy atom. The molecular weight excluding hydrogens is 238 g/mol. The summed E-state index contributed by atoms with van der Waals surface area (Å²) < 4.78 is 0. The zero-order valence-corrected chi connectivity index (χ0v) is 9.29. The van der Waals surface area contributed by atoms with Crippen molar-refractivity contribution in [2.75, 3.05) is 6.54 Å². The van der Waals surface area contributed by atoms with E-state index in [0.717, 1.165) is 0 Å². The molecule has 1 aliphatic rings. The molecule has 1 aromatic rings. The number of aliphatic carboxylic acids is 1. The quantitative estimate of drug-likeness (QED) is 0.588. The highest BCUT2D eigenvalue weighted by Crippen LogP contribution is 2.26. The number of rotatable bonds is 3. The number of amides is 2. The Morgan fingerprint density at radius 2 is 1.67 bits per heavy atom. The Labute approximate surface area is 102 Å². The molecule has 0 aliphatic carbocycles. The van der Waals surface area contributed by atoms with Crippen LogP contribution in [0.25, 0.3) is 0 Å². The van der Waals surface area contributed by atoms with Gasteiger partial charge in [0.2, 0.25) is 5.66 Å². The third-order valence-corrected chi connectivity index (χ3v) is 2.87. The maximum absolute atomic E-state index is 12.0. The molecule has 7 heteroatoms. The zero-order valence-electron chi connectivity index (χ0n) is 9.29. The topological polar surface area (TPSA) is 127 Å². The molecule has 0 radical (unpaired) electrons. The minimum Gasteiger partial charge on any atom is -0.478 e. The highest BCUT2D eigenvalue weighted by Gasteiger charge is 2.50. The second-order valence-electron chi connectivity index (χ2n) is 3.92. The molecule has 1 aromatic carbocycles. The van der Waals surface area contributed by atoms with Gasteiger partial charge in [-0.2, -0.15) is 0 Å². The van der Waals surface area contributed by atoms with Crippen LogP contribution in [-0.4, -0.2) is 40.0 Å². The van der Waals surface area contributed by atoms with Gasteiger partial charge in [-0.05, 0) is 12.1 Å². The molecule has 7 nitrogen and oxygen atoms in total. The summed E-state index contributed by atoms with van der Waals surface area (Å²) in [6, 6.07) is 6.03. The summed E-state index contributed by atoms with van der Waals surface area (Å²) in [5.74, 6) is -3.02. The number of hydrogen-bond acceptors (Lipinski definition) is 5. The molecule has 0 spiro atoms. The summed E-state index contributed by atoms with van der Waals surface area (Å²) in [5, 5.41) is 9.06. The van der Waals surface area contributed by atoms with Gasteiger partial charge in [-0.3, -0.25) is 15.3 Å². The standard InChI is InChI=1S/C11H11N3O4/c12-5-11(13,10(17)18)14-8(15)6-3-1-2-4-7(6)9(14)16/h1-4H,5,12-13H2,(H,17,18). The Balaban J connectivity index is 2.55. The lowest BCUT2D eigenvalue weighted by molar-refractivity contribution is -0.147. The van der Waals surface area contributed by atoms with Crippen molar-refractivity contribution in [3.8, 4) is 0 Å². The largest absolute Gasteiger partial charge is 0.478 e. The van der Waals surface area contributed by atoms with E-state index in [1.54, 1.807) is 12.1 Å². The summed E-state index contributed by atoms with van der Waals surface area (Å²) in [6.07, 6.45) is 0. The third kappa shape index (κ3) is 1.41. The highest BCUT2D eigenvalue weighted by molar-refractivity contribution is 6.23. The van der Waals surface area contributed by atoms with Crippen LogP contribution in [0.2, 0.25) is 0 Å². The average molecular weight is 249 g/mol. The fraction of sp³-hybridized carbons (Fsp3) is 0.182. The van der Waals surface area contributed by atoms with Gasteiger partial charge in [0, 0.05) is 6.54 Å². The lowest BCUT2D eigenvalue weighted by Crippen LogP contribution is -2.67. The number of carboxylic acid groups (broad SMARTS) is 1. The van der Waals surface area contributed by atoms with E-state index < -0.39 is 30.0 Å². The van der Waals surface area contributed by atoms with Gasteiger partial charge in [0.1, 0.15) is 0 Å². The average Bonchev–Trinajstić information content (AvgIpc) is 2.62. The van der Waals surface area contributed by atoms with E-state index in [2.05, 4.69) is 0 Å². The smallest absolute Gasteiger partial charge is 0.346 e. The van der Waals surface area contributed by atoms with Crippen LogP contribution in [0.4, 0.5) is 0 Å². The molecule has 1 heterocycles.